The van der Waals surface area contributed by atoms with Gasteiger partial charge in [0.2, 0.25) is 0 Å². The Morgan fingerprint density at radius 1 is 0.696 bits per heavy atom. The van der Waals surface area contributed by atoms with Crippen LogP contribution >= 0.6 is 0 Å². The molecular weight excluding hydrogens is 276 g/mol. The fraction of sp³-hybridized carbons (Fsp3) is 0.130. The van der Waals surface area contributed by atoms with Crippen LogP contribution in [0.2, 0.25) is 0 Å². The first-order valence-electron chi connectivity index (χ1n) is 8.06. The normalized spacial score (nSPS) is 11.2. The van der Waals surface area contributed by atoms with Crippen molar-refractivity contribution >= 4 is 0 Å². The van der Waals surface area contributed by atoms with E-state index >= 15 is 0 Å². The average Bonchev–Trinajstić information content (AvgIpc) is 2.62. The van der Waals surface area contributed by atoms with E-state index in [0.29, 0.717) is 0 Å². The van der Waals surface area contributed by atoms with E-state index in [1.165, 1.54) is 22.3 Å². The van der Waals surface area contributed by atoms with E-state index in [9.17, 15) is 0 Å². The Balaban J connectivity index is 2.30. The highest BCUT2D eigenvalue weighted by atomic mass is 14.4. The average molecular weight is 298 g/mol. The first-order chi connectivity index (χ1) is 11.3. The van der Waals surface area contributed by atoms with Gasteiger partial charge in [-0.15, -0.1) is 6.58 Å². The quantitative estimate of drug-likeness (QED) is 0.406. The molecule has 114 valence electrons. The predicted molar refractivity (Wildman–Crippen MR) is 98.8 cm³/mol. The van der Waals surface area contributed by atoms with Crippen LogP contribution in [0.1, 0.15) is 28.7 Å². The largest absolute Gasteiger partial charge is 0.103 e. The van der Waals surface area contributed by atoms with Gasteiger partial charge in [-0.1, -0.05) is 96.6 Å². The summed E-state index contributed by atoms with van der Waals surface area (Å²) in [5.74, 6) is 0. The zero-order chi connectivity index (χ0) is 16.1. The molecule has 3 aromatic rings. The first-order valence-corrected chi connectivity index (χ1v) is 8.06. The van der Waals surface area contributed by atoms with Gasteiger partial charge in [-0.05, 0) is 30.0 Å². The SMILES string of the molecule is C=CCC(c1ccccc1)(c1ccccc1)c1ccc(C)cc1. The van der Waals surface area contributed by atoms with Crippen LogP contribution in [0.3, 0.4) is 0 Å². The Morgan fingerprint density at radius 2 is 1.13 bits per heavy atom. The van der Waals surface area contributed by atoms with Gasteiger partial charge in [-0.2, -0.15) is 0 Å². The van der Waals surface area contributed by atoms with Gasteiger partial charge < -0.3 is 0 Å². The second-order valence-corrected chi connectivity index (χ2v) is 6.00. The molecule has 0 aliphatic carbocycles. The van der Waals surface area contributed by atoms with Gasteiger partial charge in [0.1, 0.15) is 0 Å². The van der Waals surface area contributed by atoms with Crippen LogP contribution in [0.5, 0.6) is 0 Å². The first kappa shape index (κ1) is 15.3. The summed E-state index contributed by atoms with van der Waals surface area (Å²) in [5.41, 5.74) is 4.99. The minimum atomic E-state index is -0.196. The fourth-order valence-corrected chi connectivity index (χ4v) is 3.35. The van der Waals surface area contributed by atoms with E-state index in [-0.39, 0.29) is 5.41 Å². The summed E-state index contributed by atoms with van der Waals surface area (Å²) < 4.78 is 0. The van der Waals surface area contributed by atoms with Crippen molar-refractivity contribution in [3.05, 3.63) is 120 Å². The number of hydrogen-bond acceptors (Lipinski definition) is 0. The molecule has 0 aromatic heterocycles. The van der Waals surface area contributed by atoms with Crippen LogP contribution < -0.4 is 0 Å². The molecule has 0 N–H and O–H groups in total. The van der Waals surface area contributed by atoms with Crippen molar-refractivity contribution < 1.29 is 0 Å². The lowest BCUT2D eigenvalue weighted by atomic mass is 9.67. The van der Waals surface area contributed by atoms with Crippen molar-refractivity contribution in [3.8, 4) is 0 Å². The van der Waals surface area contributed by atoms with Crippen molar-refractivity contribution in [2.24, 2.45) is 0 Å². The molecule has 0 heterocycles. The second kappa shape index (κ2) is 6.66. The Bertz CT molecular complexity index is 713. The molecule has 0 aliphatic rings. The van der Waals surface area contributed by atoms with E-state index in [1.54, 1.807) is 0 Å². The second-order valence-electron chi connectivity index (χ2n) is 6.00. The Labute approximate surface area is 139 Å². The van der Waals surface area contributed by atoms with Crippen molar-refractivity contribution in [1.82, 2.24) is 0 Å². The summed E-state index contributed by atoms with van der Waals surface area (Å²) in [6, 6.07) is 30.4. The Kier molecular flexibility index (Phi) is 4.43. The third kappa shape index (κ3) is 2.85. The molecule has 0 aliphatic heterocycles. The molecule has 0 radical (unpaired) electrons. The smallest absolute Gasteiger partial charge is 0.0485 e. The molecule has 0 saturated carbocycles. The third-order valence-corrected chi connectivity index (χ3v) is 4.53. The zero-order valence-electron chi connectivity index (χ0n) is 13.6. The van der Waals surface area contributed by atoms with Crippen LogP contribution in [0, 0.1) is 6.92 Å². The van der Waals surface area contributed by atoms with Gasteiger partial charge in [0.05, 0.1) is 0 Å². The Hall–Kier alpha value is -2.60. The maximum absolute atomic E-state index is 4.04. The highest BCUT2D eigenvalue weighted by Gasteiger charge is 2.34. The number of aryl methyl sites for hydroxylation is 1. The lowest BCUT2D eigenvalue weighted by Crippen LogP contribution is -2.28. The molecule has 0 atom stereocenters. The molecule has 3 aromatic carbocycles. The number of hydrogen-bond donors (Lipinski definition) is 0. The van der Waals surface area contributed by atoms with Gasteiger partial charge in [0.15, 0.2) is 0 Å². The molecule has 0 fully saturated rings. The van der Waals surface area contributed by atoms with Gasteiger partial charge >= 0.3 is 0 Å². The zero-order valence-corrected chi connectivity index (χ0v) is 13.6. The van der Waals surface area contributed by atoms with Crippen LogP contribution in [-0.2, 0) is 5.41 Å². The molecule has 0 nitrogen and oxygen atoms in total. The summed E-state index contributed by atoms with van der Waals surface area (Å²) in [4.78, 5) is 0. The van der Waals surface area contributed by atoms with E-state index in [0.717, 1.165) is 6.42 Å². The summed E-state index contributed by atoms with van der Waals surface area (Å²) in [6.07, 6.45) is 2.89. The lowest BCUT2D eigenvalue weighted by molar-refractivity contribution is 0.628. The highest BCUT2D eigenvalue weighted by molar-refractivity contribution is 5.51. The van der Waals surface area contributed by atoms with Crippen molar-refractivity contribution in [3.63, 3.8) is 0 Å². The van der Waals surface area contributed by atoms with E-state index < -0.39 is 0 Å². The number of allylic oxidation sites excluding steroid dienone is 1. The van der Waals surface area contributed by atoms with Crippen LogP contribution in [0.25, 0.3) is 0 Å². The Morgan fingerprint density at radius 3 is 1.57 bits per heavy atom. The highest BCUT2D eigenvalue weighted by Crippen LogP contribution is 2.42. The predicted octanol–water partition coefficient (Wildman–Crippen LogP) is 5.91. The molecule has 0 spiro atoms. The van der Waals surface area contributed by atoms with E-state index in [4.69, 9.17) is 0 Å². The van der Waals surface area contributed by atoms with Gasteiger partial charge in [-0.3, -0.25) is 0 Å². The van der Waals surface area contributed by atoms with Crippen molar-refractivity contribution in [2.75, 3.05) is 0 Å². The molecular formula is C23H22. The lowest BCUT2D eigenvalue weighted by Gasteiger charge is -2.35. The summed E-state index contributed by atoms with van der Waals surface area (Å²) in [7, 11) is 0. The van der Waals surface area contributed by atoms with E-state index in [2.05, 4.69) is 98.4 Å². The minimum absolute atomic E-state index is 0.196. The third-order valence-electron chi connectivity index (χ3n) is 4.53. The number of rotatable bonds is 5. The molecule has 0 unspecified atom stereocenters. The van der Waals surface area contributed by atoms with Crippen molar-refractivity contribution in [1.29, 1.82) is 0 Å². The molecule has 0 bridgehead atoms. The van der Waals surface area contributed by atoms with E-state index in [1.807, 2.05) is 6.08 Å². The fourth-order valence-electron chi connectivity index (χ4n) is 3.35. The minimum Gasteiger partial charge on any atom is -0.103 e. The van der Waals surface area contributed by atoms with Crippen molar-refractivity contribution in [2.45, 2.75) is 18.8 Å². The van der Waals surface area contributed by atoms with Crippen LogP contribution in [0.4, 0.5) is 0 Å². The monoisotopic (exact) mass is 298 g/mol. The summed E-state index contributed by atoms with van der Waals surface area (Å²) in [6.45, 7) is 6.17. The summed E-state index contributed by atoms with van der Waals surface area (Å²) in [5, 5.41) is 0. The van der Waals surface area contributed by atoms with Crippen LogP contribution in [-0.4, -0.2) is 0 Å². The maximum Gasteiger partial charge on any atom is 0.0485 e. The maximum atomic E-state index is 4.04. The molecule has 0 heteroatoms. The van der Waals surface area contributed by atoms with Gasteiger partial charge in [-0.25, -0.2) is 0 Å². The topological polar surface area (TPSA) is 0 Å². The standard InChI is InChI=1S/C23H22/c1-3-18-23(20-10-6-4-7-11-20,21-12-8-5-9-13-21)22-16-14-19(2)15-17-22/h3-17H,1,18H2,2H3. The van der Waals surface area contributed by atoms with Gasteiger partial charge in [0.25, 0.3) is 0 Å². The summed E-state index contributed by atoms with van der Waals surface area (Å²) >= 11 is 0. The molecule has 3 rings (SSSR count). The number of benzene rings is 3. The molecule has 0 saturated heterocycles. The van der Waals surface area contributed by atoms with Crippen LogP contribution in [0.15, 0.2) is 97.6 Å². The van der Waals surface area contributed by atoms with Gasteiger partial charge in [0, 0.05) is 5.41 Å². The molecule has 0 amide bonds. The molecule has 23 heavy (non-hydrogen) atoms.